The Balaban J connectivity index is 4.10. The van der Waals surface area contributed by atoms with Crippen LogP contribution in [0.3, 0.4) is 0 Å². The maximum Gasteiger partial charge on any atom is 0.138 e. The third-order valence-corrected chi connectivity index (χ3v) is 0.845. The summed E-state index contributed by atoms with van der Waals surface area (Å²) in [5.74, 6) is 0.669. The molecule has 0 aromatic carbocycles. The zero-order valence-electron chi connectivity index (χ0n) is 6.87. The van der Waals surface area contributed by atoms with Gasteiger partial charge in [0.15, 0.2) is 0 Å². The molecule has 0 aliphatic carbocycles. The van der Waals surface area contributed by atoms with Crippen molar-refractivity contribution >= 4 is 0 Å². The molecule has 0 fully saturated rings. The third-order valence-electron chi connectivity index (χ3n) is 0.845. The van der Waals surface area contributed by atoms with Gasteiger partial charge in [0, 0.05) is 12.3 Å². The molecule has 64 valence electrons. The molecule has 4 nitrogen and oxygen atoms in total. The molecular formula is C7H15N3O. The fraction of sp³-hybridized carbons (Fsp3) is 0.429. The summed E-state index contributed by atoms with van der Waals surface area (Å²) in [6.07, 6.45) is 2.86. The quantitative estimate of drug-likeness (QED) is 0.396. The molecule has 0 unspecified atom stereocenters. The van der Waals surface area contributed by atoms with Crippen molar-refractivity contribution in [2.24, 2.45) is 17.2 Å². The summed E-state index contributed by atoms with van der Waals surface area (Å²) in [4.78, 5) is 0. The average Bonchev–Trinajstić information content (AvgIpc) is 1.84. The van der Waals surface area contributed by atoms with E-state index in [0.717, 1.165) is 0 Å². The average molecular weight is 157 g/mol. The maximum atomic E-state index is 5.23. The summed E-state index contributed by atoms with van der Waals surface area (Å²) < 4.78 is 5.21. The molecule has 0 bridgehead atoms. The van der Waals surface area contributed by atoms with Gasteiger partial charge < -0.3 is 21.9 Å². The smallest absolute Gasteiger partial charge is 0.138 e. The number of nitrogens with two attached hydrogens (primary N) is 3. The highest BCUT2D eigenvalue weighted by atomic mass is 16.5. The van der Waals surface area contributed by atoms with E-state index in [1.165, 1.54) is 12.3 Å². The van der Waals surface area contributed by atoms with E-state index in [9.17, 15) is 0 Å². The van der Waals surface area contributed by atoms with Crippen molar-refractivity contribution in [3.63, 3.8) is 0 Å². The zero-order chi connectivity index (χ0) is 8.85. The van der Waals surface area contributed by atoms with Gasteiger partial charge in [-0.1, -0.05) is 0 Å². The highest BCUT2D eigenvalue weighted by Crippen LogP contribution is 2.02. The van der Waals surface area contributed by atoms with E-state index in [-0.39, 0.29) is 11.9 Å². The van der Waals surface area contributed by atoms with Gasteiger partial charge in [-0.25, -0.2) is 0 Å². The van der Waals surface area contributed by atoms with Crippen molar-refractivity contribution in [1.29, 1.82) is 0 Å². The molecule has 0 saturated heterocycles. The van der Waals surface area contributed by atoms with Crippen LogP contribution in [0.4, 0.5) is 0 Å². The van der Waals surface area contributed by atoms with E-state index < -0.39 is 0 Å². The van der Waals surface area contributed by atoms with E-state index in [2.05, 4.69) is 0 Å². The second-order valence-electron chi connectivity index (χ2n) is 2.38. The first-order valence-corrected chi connectivity index (χ1v) is 3.37. The summed E-state index contributed by atoms with van der Waals surface area (Å²) in [7, 11) is 0. The van der Waals surface area contributed by atoms with Gasteiger partial charge in [-0.2, -0.15) is 0 Å². The number of hydrogen-bond acceptors (Lipinski definition) is 4. The van der Waals surface area contributed by atoms with Crippen LogP contribution in [0, 0.1) is 0 Å². The molecule has 0 aliphatic rings. The Morgan fingerprint density at radius 2 is 1.91 bits per heavy atom. The second kappa shape index (κ2) is 4.49. The lowest BCUT2D eigenvalue weighted by Gasteiger charge is -2.09. The lowest BCUT2D eigenvalue weighted by atomic mass is 10.4. The van der Waals surface area contributed by atoms with Crippen LogP contribution in [0.2, 0.25) is 0 Å². The Kier molecular flexibility index (Phi) is 3.95. The van der Waals surface area contributed by atoms with Crippen LogP contribution in [0.25, 0.3) is 0 Å². The van der Waals surface area contributed by atoms with Gasteiger partial charge >= 0.3 is 0 Å². The lowest BCUT2D eigenvalue weighted by molar-refractivity contribution is 0.157. The highest BCUT2D eigenvalue weighted by Gasteiger charge is 1.96. The molecule has 11 heavy (non-hydrogen) atoms. The Morgan fingerprint density at radius 3 is 2.18 bits per heavy atom. The molecule has 0 spiro atoms. The highest BCUT2D eigenvalue weighted by molar-refractivity contribution is 5.13. The number of rotatable bonds is 3. The minimum absolute atomic E-state index is 0.0698. The SMILES string of the molecule is CC(C)O/C(C=C(N)N)=C/N. The first-order valence-electron chi connectivity index (χ1n) is 3.37. The fourth-order valence-electron chi connectivity index (χ4n) is 0.558. The van der Waals surface area contributed by atoms with Gasteiger partial charge in [0.05, 0.1) is 11.9 Å². The molecule has 0 radical (unpaired) electrons. The van der Waals surface area contributed by atoms with E-state index in [1.807, 2.05) is 13.8 Å². The van der Waals surface area contributed by atoms with Gasteiger partial charge in [-0.15, -0.1) is 0 Å². The maximum absolute atomic E-state index is 5.23. The normalized spacial score (nSPS) is 11.4. The third kappa shape index (κ3) is 5.14. The van der Waals surface area contributed by atoms with Crippen molar-refractivity contribution < 1.29 is 4.74 Å². The van der Waals surface area contributed by atoms with Crippen LogP contribution in [0.1, 0.15) is 13.8 Å². The minimum Gasteiger partial charge on any atom is -0.489 e. The van der Waals surface area contributed by atoms with Crippen LogP contribution in [0.15, 0.2) is 23.9 Å². The Hall–Kier alpha value is -1.32. The number of ether oxygens (including phenoxy) is 1. The van der Waals surface area contributed by atoms with E-state index in [4.69, 9.17) is 21.9 Å². The minimum atomic E-state index is 0.0698. The van der Waals surface area contributed by atoms with Crippen molar-refractivity contribution in [3.05, 3.63) is 23.9 Å². The van der Waals surface area contributed by atoms with Gasteiger partial charge in [0.1, 0.15) is 5.76 Å². The summed E-state index contributed by atoms with van der Waals surface area (Å²) in [5.41, 5.74) is 15.6. The van der Waals surface area contributed by atoms with Crippen molar-refractivity contribution in [2.45, 2.75) is 20.0 Å². The van der Waals surface area contributed by atoms with Crippen LogP contribution in [-0.4, -0.2) is 6.10 Å². The molecule has 0 aromatic heterocycles. The van der Waals surface area contributed by atoms with Crippen LogP contribution < -0.4 is 17.2 Å². The van der Waals surface area contributed by atoms with Gasteiger partial charge in [-0.05, 0) is 13.8 Å². The summed E-state index contributed by atoms with van der Waals surface area (Å²) >= 11 is 0. The molecule has 0 heterocycles. The van der Waals surface area contributed by atoms with E-state index >= 15 is 0 Å². The largest absolute Gasteiger partial charge is 0.489 e. The predicted octanol–water partition coefficient (Wildman–Crippen LogP) is -0.0297. The van der Waals surface area contributed by atoms with Crippen LogP contribution in [0.5, 0.6) is 0 Å². The second-order valence-corrected chi connectivity index (χ2v) is 2.38. The molecule has 0 atom stereocenters. The van der Waals surface area contributed by atoms with Crippen LogP contribution in [-0.2, 0) is 4.74 Å². The zero-order valence-corrected chi connectivity index (χ0v) is 6.87. The van der Waals surface area contributed by atoms with Crippen molar-refractivity contribution in [3.8, 4) is 0 Å². The molecule has 0 aliphatic heterocycles. The van der Waals surface area contributed by atoms with E-state index in [0.29, 0.717) is 5.76 Å². The summed E-state index contributed by atoms with van der Waals surface area (Å²) in [5, 5.41) is 0. The molecule has 4 heteroatoms. The Morgan fingerprint density at radius 1 is 1.36 bits per heavy atom. The molecule has 0 aromatic rings. The van der Waals surface area contributed by atoms with Crippen molar-refractivity contribution in [1.82, 2.24) is 0 Å². The molecule has 0 saturated carbocycles. The monoisotopic (exact) mass is 157 g/mol. The topological polar surface area (TPSA) is 87.3 Å². The van der Waals surface area contributed by atoms with Crippen molar-refractivity contribution in [2.75, 3.05) is 0 Å². The number of hydrogen-bond donors (Lipinski definition) is 3. The van der Waals surface area contributed by atoms with Crippen LogP contribution >= 0.6 is 0 Å². The van der Waals surface area contributed by atoms with Gasteiger partial charge in [0.2, 0.25) is 0 Å². The summed E-state index contributed by atoms with van der Waals surface area (Å²) in [6, 6.07) is 0. The molecule has 6 N–H and O–H groups in total. The number of allylic oxidation sites excluding steroid dienone is 1. The first-order chi connectivity index (χ1) is 5.06. The predicted molar refractivity (Wildman–Crippen MR) is 44.9 cm³/mol. The van der Waals surface area contributed by atoms with E-state index in [1.54, 1.807) is 0 Å². The molecule has 0 rings (SSSR count). The lowest BCUT2D eigenvalue weighted by Crippen LogP contribution is -2.10. The molecule has 0 amide bonds. The fourth-order valence-corrected chi connectivity index (χ4v) is 0.558. The molecular weight excluding hydrogens is 142 g/mol. The first kappa shape index (κ1) is 9.68. The standard InChI is InChI=1S/C7H15N3O/c1-5(2)11-6(4-8)3-7(9)10/h3-5H,8-10H2,1-2H3/b6-4+. The Bertz CT molecular complexity index is 169. The van der Waals surface area contributed by atoms with Gasteiger partial charge in [0.25, 0.3) is 0 Å². The Labute approximate surface area is 66.7 Å². The van der Waals surface area contributed by atoms with Gasteiger partial charge in [-0.3, -0.25) is 0 Å². The summed E-state index contributed by atoms with van der Waals surface area (Å²) in [6.45, 7) is 3.79.